The van der Waals surface area contributed by atoms with Crippen LogP contribution in [0.4, 0.5) is 17.6 Å². The number of rotatable bonds is 10. The fourth-order valence-corrected chi connectivity index (χ4v) is 3.37. The zero-order valence-electron chi connectivity index (χ0n) is 17.3. The number of hydrogen-bond acceptors (Lipinski definition) is 3. The zero-order chi connectivity index (χ0) is 23.0. The van der Waals surface area contributed by atoms with E-state index in [4.69, 9.17) is 0 Å². The Labute approximate surface area is 182 Å². The van der Waals surface area contributed by atoms with Gasteiger partial charge in [-0.15, -0.1) is 0 Å². The lowest BCUT2D eigenvalue weighted by atomic mass is 9.99. The standard InChI is InChI=1S/C22H26F4N2O2S/c1-3-5-18-12-20(22(24,25)26)10-9-16(18)6-4-11-27-15(2)17-7-8-19(21(23)13-17)14-28-31(29)30/h4,6-10,12-13,15,27-28H,3,5,11,14H2,1-2H3,(H,29,30)/p-1. The number of halogens is 4. The van der Waals surface area contributed by atoms with Crippen molar-refractivity contribution < 1.29 is 26.3 Å². The topological polar surface area (TPSA) is 64.2 Å². The molecule has 0 aliphatic heterocycles. The SMILES string of the molecule is CCCc1cc(C(F)(F)F)ccc1C=CCNC(C)c1ccc(CNS(=O)[O-])c(F)c1. The number of benzene rings is 2. The van der Waals surface area contributed by atoms with Crippen molar-refractivity contribution in [3.63, 3.8) is 0 Å². The summed E-state index contributed by atoms with van der Waals surface area (Å²) >= 11 is -2.46. The van der Waals surface area contributed by atoms with Gasteiger partial charge in [0.1, 0.15) is 5.82 Å². The van der Waals surface area contributed by atoms with Gasteiger partial charge in [0.15, 0.2) is 0 Å². The van der Waals surface area contributed by atoms with Crippen molar-refractivity contribution in [3.8, 4) is 0 Å². The molecule has 170 valence electrons. The maximum absolute atomic E-state index is 14.1. The minimum absolute atomic E-state index is 0.125. The highest BCUT2D eigenvalue weighted by Gasteiger charge is 2.30. The Hall–Kier alpha value is -2.07. The minimum Gasteiger partial charge on any atom is -0.760 e. The van der Waals surface area contributed by atoms with E-state index in [0.29, 0.717) is 24.1 Å². The third kappa shape index (κ3) is 7.84. The molecule has 0 aliphatic carbocycles. The van der Waals surface area contributed by atoms with Crippen LogP contribution in [0.25, 0.3) is 6.08 Å². The third-order valence-electron chi connectivity index (χ3n) is 4.79. The van der Waals surface area contributed by atoms with Gasteiger partial charge in [-0.1, -0.05) is 43.7 Å². The first kappa shape index (κ1) is 25.2. The molecule has 2 rings (SSSR count). The lowest BCUT2D eigenvalue weighted by Gasteiger charge is -2.15. The fourth-order valence-electron chi connectivity index (χ4n) is 3.09. The summed E-state index contributed by atoms with van der Waals surface area (Å²) in [5, 5.41) is 3.21. The Morgan fingerprint density at radius 2 is 1.90 bits per heavy atom. The van der Waals surface area contributed by atoms with E-state index in [9.17, 15) is 26.3 Å². The molecule has 0 fully saturated rings. The van der Waals surface area contributed by atoms with E-state index < -0.39 is 28.8 Å². The third-order valence-corrected chi connectivity index (χ3v) is 5.17. The van der Waals surface area contributed by atoms with Crippen LogP contribution < -0.4 is 10.0 Å². The second kappa shape index (κ2) is 11.5. The molecule has 0 bridgehead atoms. The molecule has 0 saturated carbocycles. The molecule has 4 nitrogen and oxygen atoms in total. The molecule has 0 heterocycles. The predicted octanol–water partition coefficient (Wildman–Crippen LogP) is 5.04. The van der Waals surface area contributed by atoms with E-state index in [2.05, 4.69) is 10.0 Å². The van der Waals surface area contributed by atoms with Gasteiger partial charge in [-0.3, -0.25) is 4.21 Å². The average Bonchev–Trinajstić information content (AvgIpc) is 2.70. The number of aryl methyl sites for hydroxylation is 1. The van der Waals surface area contributed by atoms with Crippen LogP contribution in [0.2, 0.25) is 0 Å². The van der Waals surface area contributed by atoms with Crippen molar-refractivity contribution in [1.82, 2.24) is 10.0 Å². The van der Waals surface area contributed by atoms with Crippen LogP contribution >= 0.6 is 0 Å². The second-order valence-corrected chi connectivity index (χ2v) is 7.86. The lowest BCUT2D eigenvalue weighted by molar-refractivity contribution is -0.137. The van der Waals surface area contributed by atoms with Crippen molar-refractivity contribution in [3.05, 3.63) is 76.1 Å². The molecule has 2 aromatic rings. The van der Waals surface area contributed by atoms with Gasteiger partial charge in [0.25, 0.3) is 0 Å². The summed E-state index contributed by atoms with van der Waals surface area (Å²) in [5.74, 6) is -0.506. The first-order valence-electron chi connectivity index (χ1n) is 9.83. The maximum atomic E-state index is 14.1. The van der Waals surface area contributed by atoms with Gasteiger partial charge in [-0.05, 0) is 48.2 Å². The molecular weight excluding hydrogens is 432 g/mol. The van der Waals surface area contributed by atoms with Crippen molar-refractivity contribution in [2.75, 3.05) is 6.54 Å². The first-order valence-corrected chi connectivity index (χ1v) is 10.9. The van der Waals surface area contributed by atoms with Crippen molar-refractivity contribution >= 4 is 17.3 Å². The summed E-state index contributed by atoms with van der Waals surface area (Å²) in [7, 11) is 0. The van der Waals surface area contributed by atoms with Crippen molar-refractivity contribution in [2.45, 2.75) is 45.5 Å². The summed E-state index contributed by atoms with van der Waals surface area (Å²) < 4.78 is 76.1. The Kier molecular flexibility index (Phi) is 9.36. The van der Waals surface area contributed by atoms with Crippen molar-refractivity contribution in [1.29, 1.82) is 0 Å². The van der Waals surface area contributed by atoms with Gasteiger partial charge < -0.3 is 9.87 Å². The number of nitrogens with one attached hydrogen (secondary N) is 2. The normalized spacial score (nSPS) is 14.2. The van der Waals surface area contributed by atoms with Crippen LogP contribution in [-0.2, 0) is 30.4 Å². The van der Waals surface area contributed by atoms with E-state index in [1.165, 1.54) is 24.3 Å². The Bertz CT molecular complexity index is 932. The summed E-state index contributed by atoms with van der Waals surface area (Å²) in [6.07, 6.45) is 0.515. The average molecular weight is 458 g/mol. The zero-order valence-corrected chi connectivity index (χ0v) is 18.1. The van der Waals surface area contributed by atoms with Crippen LogP contribution in [0.5, 0.6) is 0 Å². The van der Waals surface area contributed by atoms with E-state index in [-0.39, 0.29) is 18.2 Å². The Morgan fingerprint density at radius 1 is 1.16 bits per heavy atom. The molecule has 9 heteroatoms. The van der Waals surface area contributed by atoms with Crippen molar-refractivity contribution in [2.24, 2.45) is 0 Å². The lowest BCUT2D eigenvalue weighted by Crippen LogP contribution is -2.19. The predicted molar refractivity (Wildman–Crippen MR) is 113 cm³/mol. The molecule has 0 radical (unpaired) electrons. The summed E-state index contributed by atoms with van der Waals surface area (Å²) in [5.41, 5.74) is 1.67. The van der Waals surface area contributed by atoms with Crippen LogP contribution in [0.15, 0.2) is 42.5 Å². The molecule has 0 spiro atoms. The maximum Gasteiger partial charge on any atom is 0.416 e. The Morgan fingerprint density at radius 3 is 2.52 bits per heavy atom. The van der Waals surface area contributed by atoms with E-state index in [1.54, 1.807) is 12.1 Å². The molecular formula is C22H25F4N2O2S-. The molecule has 2 aromatic carbocycles. The smallest absolute Gasteiger partial charge is 0.416 e. The van der Waals surface area contributed by atoms with E-state index in [1.807, 2.05) is 19.9 Å². The van der Waals surface area contributed by atoms with E-state index >= 15 is 0 Å². The van der Waals surface area contributed by atoms with Crippen LogP contribution in [0, 0.1) is 5.82 Å². The molecule has 0 aromatic heterocycles. The highest BCUT2D eigenvalue weighted by Crippen LogP contribution is 2.31. The second-order valence-electron chi connectivity index (χ2n) is 7.10. The quantitative estimate of drug-likeness (QED) is 0.388. The number of hydrogen-bond donors (Lipinski definition) is 2. The van der Waals surface area contributed by atoms with Gasteiger partial charge in [-0.25, -0.2) is 9.11 Å². The van der Waals surface area contributed by atoms with Crippen LogP contribution in [0.3, 0.4) is 0 Å². The van der Waals surface area contributed by atoms with Gasteiger partial charge in [0.2, 0.25) is 0 Å². The molecule has 0 aliphatic rings. The minimum atomic E-state index is -4.37. The first-order chi connectivity index (χ1) is 14.6. The number of alkyl halides is 3. The van der Waals surface area contributed by atoms with Gasteiger partial charge in [0.05, 0.1) is 5.56 Å². The monoisotopic (exact) mass is 457 g/mol. The highest BCUT2D eigenvalue weighted by atomic mass is 32.2. The fraction of sp³-hybridized carbons (Fsp3) is 0.364. The molecule has 2 unspecified atom stereocenters. The summed E-state index contributed by atoms with van der Waals surface area (Å²) in [4.78, 5) is 0. The van der Waals surface area contributed by atoms with Gasteiger partial charge in [-0.2, -0.15) is 13.2 Å². The summed E-state index contributed by atoms with van der Waals surface area (Å²) in [6.45, 7) is 4.08. The van der Waals surface area contributed by atoms with Crippen LogP contribution in [-0.4, -0.2) is 15.3 Å². The Balaban J connectivity index is 1.99. The molecule has 31 heavy (non-hydrogen) atoms. The van der Waals surface area contributed by atoms with Gasteiger partial charge in [0, 0.05) is 36.0 Å². The molecule has 2 N–H and O–H groups in total. The molecule has 2 atom stereocenters. The molecule has 0 saturated heterocycles. The van der Waals surface area contributed by atoms with Crippen LogP contribution in [0.1, 0.15) is 54.1 Å². The largest absolute Gasteiger partial charge is 0.760 e. The van der Waals surface area contributed by atoms with Gasteiger partial charge >= 0.3 is 6.18 Å². The summed E-state index contributed by atoms with van der Waals surface area (Å²) in [6, 6.07) is 8.16. The van der Waals surface area contributed by atoms with E-state index in [0.717, 1.165) is 18.1 Å². The molecule has 0 amide bonds. The highest BCUT2D eigenvalue weighted by molar-refractivity contribution is 7.77.